The van der Waals surface area contributed by atoms with Gasteiger partial charge < -0.3 is 4.98 Å². The molecule has 0 radical (unpaired) electrons. The van der Waals surface area contributed by atoms with Gasteiger partial charge in [0.2, 0.25) is 5.65 Å². The van der Waals surface area contributed by atoms with Crippen molar-refractivity contribution in [2.45, 2.75) is 19.0 Å². The predicted molar refractivity (Wildman–Crippen MR) is 126 cm³/mol. The summed E-state index contributed by atoms with van der Waals surface area (Å²) in [5.74, 6) is 0.171. The Kier molecular flexibility index (Phi) is 5.11. The molecule has 0 fully saturated rings. The number of fused-ring (bicyclic) bond motifs is 2. The number of carbonyl (C=O) groups excluding carboxylic acids is 1. The second-order valence-corrected chi connectivity index (χ2v) is 8.77. The lowest BCUT2D eigenvalue weighted by molar-refractivity contribution is 0.102. The van der Waals surface area contributed by atoms with E-state index < -0.39 is 0 Å². The molecule has 0 aliphatic carbocycles. The lowest BCUT2D eigenvalue weighted by atomic mass is 10.1. The van der Waals surface area contributed by atoms with Crippen LogP contribution >= 0.6 is 23.4 Å². The maximum Gasteiger partial charge on any atom is 0.300 e. The van der Waals surface area contributed by atoms with E-state index in [1.807, 2.05) is 44.2 Å². The van der Waals surface area contributed by atoms with Gasteiger partial charge in [0.25, 0.3) is 0 Å². The highest BCUT2D eigenvalue weighted by Crippen LogP contribution is 2.26. The molecule has 5 rings (SSSR count). The molecular formula is C23H18ClN5O2S. The van der Waals surface area contributed by atoms with E-state index in [2.05, 4.69) is 15.2 Å². The zero-order valence-corrected chi connectivity index (χ0v) is 18.9. The van der Waals surface area contributed by atoms with Crippen molar-refractivity contribution in [3.8, 4) is 5.69 Å². The molecule has 0 saturated carbocycles. The molecule has 32 heavy (non-hydrogen) atoms. The van der Waals surface area contributed by atoms with Crippen LogP contribution in [-0.4, -0.2) is 35.7 Å². The van der Waals surface area contributed by atoms with Crippen LogP contribution in [0.25, 0.3) is 22.2 Å². The number of H-pyrrole nitrogens is 1. The van der Waals surface area contributed by atoms with Crippen LogP contribution in [0, 0.1) is 13.8 Å². The molecule has 0 aliphatic heterocycles. The summed E-state index contributed by atoms with van der Waals surface area (Å²) in [7, 11) is 0. The smallest absolute Gasteiger partial charge is 0.300 e. The Labute approximate surface area is 192 Å². The number of hydrogen-bond donors (Lipinski definition) is 1. The summed E-state index contributed by atoms with van der Waals surface area (Å²) in [6.07, 6.45) is 3.38. The molecule has 0 bridgehead atoms. The molecule has 0 atom stereocenters. The average molecular weight is 464 g/mol. The molecule has 0 amide bonds. The van der Waals surface area contributed by atoms with E-state index >= 15 is 0 Å². The Hall–Kier alpha value is -3.36. The van der Waals surface area contributed by atoms with Gasteiger partial charge in [0.15, 0.2) is 10.9 Å². The summed E-state index contributed by atoms with van der Waals surface area (Å²) in [6.45, 7) is 3.75. The number of aromatic nitrogens is 5. The third-order valence-electron chi connectivity index (χ3n) is 5.44. The van der Waals surface area contributed by atoms with E-state index in [0.717, 1.165) is 22.2 Å². The summed E-state index contributed by atoms with van der Waals surface area (Å²) < 4.78 is 3.11. The molecule has 2 aromatic carbocycles. The fourth-order valence-electron chi connectivity index (χ4n) is 3.85. The van der Waals surface area contributed by atoms with Crippen molar-refractivity contribution in [3.05, 3.63) is 87.1 Å². The first-order valence-electron chi connectivity index (χ1n) is 9.91. The molecule has 3 heterocycles. The Morgan fingerprint density at radius 3 is 2.75 bits per heavy atom. The van der Waals surface area contributed by atoms with Crippen molar-refractivity contribution in [2.75, 3.05) is 5.75 Å². The number of benzene rings is 2. The third-order valence-corrected chi connectivity index (χ3v) is 6.80. The molecule has 0 saturated heterocycles. The first-order chi connectivity index (χ1) is 15.5. The van der Waals surface area contributed by atoms with Crippen molar-refractivity contribution < 1.29 is 4.79 Å². The van der Waals surface area contributed by atoms with Crippen molar-refractivity contribution in [2.24, 2.45) is 0 Å². The molecule has 0 aliphatic rings. The second kappa shape index (κ2) is 7.96. The monoisotopic (exact) mass is 463 g/mol. The van der Waals surface area contributed by atoms with Crippen molar-refractivity contribution in [1.82, 2.24) is 24.1 Å². The largest absolute Gasteiger partial charge is 0.358 e. The van der Waals surface area contributed by atoms with E-state index in [4.69, 9.17) is 11.6 Å². The number of thioether (sulfide) groups is 1. The molecule has 5 aromatic rings. The fraction of sp³-hybridized carbons (Fsp3) is 0.130. The van der Waals surface area contributed by atoms with Gasteiger partial charge in [0.1, 0.15) is 0 Å². The van der Waals surface area contributed by atoms with E-state index in [1.165, 1.54) is 16.3 Å². The maximum absolute atomic E-state index is 13.0. The summed E-state index contributed by atoms with van der Waals surface area (Å²) >= 11 is 7.47. The first-order valence-corrected chi connectivity index (χ1v) is 11.3. The van der Waals surface area contributed by atoms with Gasteiger partial charge in [0, 0.05) is 39.6 Å². The minimum atomic E-state index is -0.309. The van der Waals surface area contributed by atoms with Crippen LogP contribution in [0.3, 0.4) is 0 Å². The summed E-state index contributed by atoms with van der Waals surface area (Å²) in [6, 6.07) is 13.1. The molecule has 0 spiro atoms. The lowest BCUT2D eigenvalue weighted by Gasteiger charge is -2.10. The maximum atomic E-state index is 13.0. The van der Waals surface area contributed by atoms with Crippen LogP contribution in [0.1, 0.15) is 21.6 Å². The number of halogens is 1. The highest BCUT2D eigenvalue weighted by Gasteiger charge is 2.18. The van der Waals surface area contributed by atoms with Gasteiger partial charge in [-0.05, 0) is 37.6 Å². The average Bonchev–Trinajstić information content (AvgIpc) is 3.35. The Morgan fingerprint density at radius 1 is 1.09 bits per heavy atom. The summed E-state index contributed by atoms with van der Waals surface area (Å²) in [5.41, 5.74) is 3.81. The Morgan fingerprint density at radius 2 is 1.91 bits per heavy atom. The summed E-state index contributed by atoms with van der Waals surface area (Å²) in [5, 5.41) is 10.2. The number of para-hydroxylation sites is 1. The Bertz CT molecular complexity index is 1570. The van der Waals surface area contributed by atoms with Gasteiger partial charge in [-0.15, -0.1) is 10.2 Å². The number of aryl methyl sites for hydroxylation is 1. The number of hydrogen-bond acceptors (Lipinski definition) is 5. The zero-order chi connectivity index (χ0) is 22.4. The Balaban J connectivity index is 1.45. The summed E-state index contributed by atoms with van der Waals surface area (Å²) in [4.78, 5) is 29.3. The topological polar surface area (TPSA) is 85.1 Å². The van der Waals surface area contributed by atoms with Crippen LogP contribution in [0.5, 0.6) is 0 Å². The van der Waals surface area contributed by atoms with Gasteiger partial charge in [-0.25, -0.2) is 0 Å². The van der Waals surface area contributed by atoms with Crippen LogP contribution in [0.15, 0.2) is 64.8 Å². The first kappa shape index (κ1) is 20.5. The van der Waals surface area contributed by atoms with E-state index in [-0.39, 0.29) is 22.7 Å². The molecule has 1 N–H and O–H groups in total. The van der Waals surface area contributed by atoms with Crippen LogP contribution < -0.4 is 5.56 Å². The molecule has 9 heteroatoms. The van der Waals surface area contributed by atoms with Gasteiger partial charge in [0.05, 0.1) is 11.4 Å². The van der Waals surface area contributed by atoms with Crippen LogP contribution in [-0.2, 0) is 0 Å². The number of nitrogens with one attached hydrogen (secondary N) is 1. The minimum absolute atomic E-state index is 0.00963. The normalized spacial score (nSPS) is 11.5. The second-order valence-electron chi connectivity index (χ2n) is 7.42. The SMILES string of the molecule is Cc1[nH]c2ccccc2c1C(=O)CSc1nnc2c(=O)n(-c3cccc(Cl)c3C)ccn12. The number of Topliss-reactive ketones (excluding diaryl/α,β-unsaturated/α-hetero) is 1. The molecule has 3 aromatic heterocycles. The van der Waals surface area contributed by atoms with E-state index in [1.54, 1.807) is 28.9 Å². The van der Waals surface area contributed by atoms with Crippen molar-refractivity contribution in [3.63, 3.8) is 0 Å². The highest BCUT2D eigenvalue weighted by atomic mass is 35.5. The van der Waals surface area contributed by atoms with Gasteiger partial charge >= 0.3 is 5.56 Å². The minimum Gasteiger partial charge on any atom is -0.358 e. The van der Waals surface area contributed by atoms with E-state index in [9.17, 15) is 9.59 Å². The standard InChI is InChI=1S/C23H18ClN5O2S/c1-13-16(24)7-5-9-18(13)28-10-11-29-21(22(28)31)26-27-23(29)32-12-19(30)20-14(2)25-17-8-4-3-6-15(17)20/h3-11,25H,12H2,1-2H3. The quantitative estimate of drug-likeness (QED) is 0.304. The van der Waals surface area contributed by atoms with Crippen LogP contribution in [0.4, 0.5) is 0 Å². The zero-order valence-electron chi connectivity index (χ0n) is 17.3. The molecule has 7 nitrogen and oxygen atoms in total. The lowest BCUT2D eigenvalue weighted by Crippen LogP contribution is -2.21. The van der Waals surface area contributed by atoms with Crippen molar-refractivity contribution in [1.29, 1.82) is 0 Å². The number of carbonyl (C=O) groups is 1. The number of aromatic amines is 1. The van der Waals surface area contributed by atoms with Gasteiger partial charge in [-0.3, -0.25) is 18.6 Å². The molecular weight excluding hydrogens is 446 g/mol. The number of rotatable bonds is 5. The van der Waals surface area contributed by atoms with Gasteiger partial charge in [-0.1, -0.05) is 47.6 Å². The predicted octanol–water partition coefficient (Wildman–Crippen LogP) is 4.61. The van der Waals surface area contributed by atoms with Crippen LogP contribution in [0.2, 0.25) is 5.02 Å². The molecule has 160 valence electrons. The number of ketones is 1. The number of nitrogens with zero attached hydrogens (tertiary/aromatic N) is 4. The van der Waals surface area contributed by atoms with E-state index in [0.29, 0.717) is 21.4 Å². The third kappa shape index (κ3) is 3.32. The van der Waals surface area contributed by atoms with Crippen molar-refractivity contribution >= 4 is 45.7 Å². The molecule has 0 unspecified atom stereocenters. The van der Waals surface area contributed by atoms with Gasteiger partial charge in [-0.2, -0.15) is 0 Å². The fourth-order valence-corrected chi connectivity index (χ4v) is 4.81. The highest BCUT2D eigenvalue weighted by molar-refractivity contribution is 7.99.